The number of carbonyl (C=O) groups excluding carboxylic acids is 1. The van der Waals surface area contributed by atoms with Crippen molar-refractivity contribution in [3.8, 4) is 0 Å². The molecule has 118 valence electrons. The van der Waals surface area contributed by atoms with E-state index in [1.165, 1.54) is 18.2 Å². The Balaban J connectivity index is 2.31. The number of aliphatic imine (C=N–C) groups is 1. The molecule has 1 unspecified atom stereocenters. The summed E-state index contributed by atoms with van der Waals surface area (Å²) in [6, 6.07) is 6.54. The molecule has 1 atom stereocenters. The Morgan fingerprint density at radius 2 is 1.91 bits per heavy atom. The number of carbonyl (C=O) groups is 1. The molecule has 1 N–H and O–H groups in total. The molecule has 0 amide bonds. The van der Waals surface area contributed by atoms with Crippen LogP contribution in [0.3, 0.4) is 0 Å². The second-order valence-corrected chi connectivity index (χ2v) is 5.67. The summed E-state index contributed by atoms with van der Waals surface area (Å²) in [5.41, 5.74) is 1.55. The number of nitrogens with zero attached hydrogens (tertiary/aromatic N) is 1. The monoisotopic (exact) mass is 334 g/mol. The van der Waals surface area contributed by atoms with E-state index < -0.39 is 17.7 Å². The molecule has 0 aliphatic carbocycles. The van der Waals surface area contributed by atoms with Gasteiger partial charge in [-0.05, 0) is 30.7 Å². The number of aldehydes is 1. The lowest BCUT2D eigenvalue weighted by atomic mass is 9.97. The molecule has 3 nitrogen and oxygen atoms in total. The van der Waals surface area contributed by atoms with Crippen LogP contribution in [0.5, 0.6) is 0 Å². The summed E-state index contributed by atoms with van der Waals surface area (Å²) in [6.45, 7) is 1.86. The zero-order valence-corrected chi connectivity index (χ0v) is 13.0. The fourth-order valence-corrected chi connectivity index (χ4v) is 2.81. The van der Waals surface area contributed by atoms with E-state index in [2.05, 4.69) is 10.3 Å². The van der Waals surface area contributed by atoms with E-state index in [9.17, 15) is 13.6 Å². The maximum atomic E-state index is 14.2. The van der Waals surface area contributed by atoms with Crippen molar-refractivity contribution in [1.29, 1.82) is 0 Å². The standard InChI is InChI=1S/C17H13ClF2N2O/c1-9-5-6-13-15(16(9)18)17(21-7-10(8-23)22-13)14-11(19)3-2-4-12(14)20/h2-6,8,10,22H,7H2,1H3. The zero-order valence-electron chi connectivity index (χ0n) is 12.2. The third-order valence-electron chi connectivity index (χ3n) is 3.72. The van der Waals surface area contributed by atoms with Gasteiger partial charge < -0.3 is 10.1 Å². The fourth-order valence-electron chi connectivity index (χ4n) is 2.55. The first-order valence-corrected chi connectivity index (χ1v) is 7.41. The second kappa shape index (κ2) is 6.08. The summed E-state index contributed by atoms with van der Waals surface area (Å²) in [4.78, 5) is 15.4. The van der Waals surface area contributed by atoms with E-state index >= 15 is 0 Å². The summed E-state index contributed by atoms with van der Waals surface area (Å²) in [6.07, 6.45) is 0.710. The second-order valence-electron chi connectivity index (χ2n) is 5.29. The Morgan fingerprint density at radius 1 is 1.22 bits per heavy atom. The predicted octanol–water partition coefficient (Wildman–Crippen LogP) is 3.76. The molecule has 2 aromatic rings. The summed E-state index contributed by atoms with van der Waals surface area (Å²) < 4.78 is 28.4. The average Bonchev–Trinajstić information content (AvgIpc) is 2.71. The highest BCUT2D eigenvalue weighted by Gasteiger charge is 2.26. The van der Waals surface area contributed by atoms with Crippen LogP contribution in [0.1, 0.15) is 16.7 Å². The van der Waals surface area contributed by atoms with Crippen LogP contribution >= 0.6 is 11.6 Å². The fraction of sp³-hybridized carbons (Fsp3) is 0.176. The highest BCUT2D eigenvalue weighted by molar-refractivity contribution is 6.37. The van der Waals surface area contributed by atoms with Gasteiger partial charge in [0.1, 0.15) is 24.0 Å². The van der Waals surface area contributed by atoms with Crippen molar-refractivity contribution in [2.45, 2.75) is 13.0 Å². The lowest BCUT2D eigenvalue weighted by Gasteiger charge is -2.16. The summed E-state index contributed by atoms with van der Waals surface area (Å²) in [5.74, 6) is -1.45. The highest BCUT2D eigenvalue weighted by Crippen LogP contribution is 2.33. The van der Waals surface area contributed by atoms with E-state index in [-0.39, 0.29) is 17.8 Å². The van der Waals surface area contributed by atoms with Crippen molar-refractivity contribution in [3.05, 3.63) is 63.7 Å². The van der Waals surface area contributed by atoms with Crippen molar-refractivity contribution in [1.82, 2.24) is 0 Å². The molecule has 0 saturated heterocycles. The summed E-state index contributed by atoms with van der Waals surface area (Å²) in [5, 5.41) is 3.35. The third kappa shape index (κ3) is 2.72. The topological polar surface area (TPSA) is 41.5 Å². The zero-order chi connectivity index (χ0) is 16.6. The molecule has 6 heteroatoms. The van der Waals surface area contributed by atoms with Crippen LogP contribution in [-0.4, -0.2) is 24.6 Å². The molecular weight excluding hydrogens is 322 g/mol. The molecule has 3 rings (SSSR count). The average molecular weight is 335 g/mol. The first-order valence-electron chi connectivity index (χ1n) is 7.03. The molecule has 0 radical (unpaired) electrons. The van der Waals surface area contributed by atoms with Gasteiger partial charge >= 0.3 is 0 Å². The van der Waals surface area contributed by atoms with Crippen LogP contribution in [0.15, 0.2) is 35.3 Å². The van der Waals surface area contributed by atoms with Crippen LogP contribution in [0, 0.1) is 18.6 Å². The quantitative estimate of drug-likeness (QED) is 0.850. The van der Waals surface area contributed by atoms with Crippen molar-refractivity contribution < 1.29 is 13.6 Å². The van der Waals surface area contributed by atoms with Gasteiger partial charge in [-0.15, -0.1) is 0 Å². The van der Waals surface area contributed by atoms with Crippen molar-refractivity contribution in [2.24, 2.45) is 4.99 Å². The number of hydrogen-bond acceptors (Lipinski definition) is 3. The van der Waals surface area contributed by atoms with Crippen LogP contribution in [0.2, 0.25) is 5.02 Å². The molecular formula is C17H13ClF2N2O. The third-order valence-corrected chi connectivity index (χ3v) is 4.21. The van der Waals surface area contributed by atoms with Crippen LogP contribution < -0.4 is 5.32 Å². The number of fused-ring (bicyclic) bond motifs is 1. The molecule has 1 heterocycles. The smallest absolute Gasteiger partial charge is 0.144 e. The largest absolute Gasteiger partial charge is 0.373 e. The van der Waals surface area contributed by atoms with Gasteiger partial charge in [0.15, 0.2) is 0 Å². The van der Waals surface area contributed by atoms with E-state index in [1.807, 2.05) is 0 Å². The normalized spacial score (nSPS) is 16.9. The molecule has 2 aromatic carbocycles. The maximum absolute atomic E-state index is 14.2. The van der Waals surface area contributed by atoms with Gasteiger partial charge in [-0.25, -0.2) is 8.78 Å². The Hall–Kier alpha value is -2.27. The van der Waals surface area contributed by atoms with Gasteiger partial charge in [-0.2, -0.15) is 0 Å². The van der Waals surface area contributed by atoms with Gasteiger partial charge in [-0.1, -0.05) is 23.7 Å². The number of nitrogens with one attached hydrogen (secondary N) is 1. The Labute approximate surface area is 137 Å². The van der Waals surface area contributed by atoms with Crippen LogP contribution in [0.4, 0.5) is 14.5 Å². The number of rotatable bonds is 2. The molecule has 0 aromatic heterocycles. The van der Waals surface area contributed by atoms with Crippen molar-refractivity contribution >= 4 is 29.3 Å². The molecule has 1 aliphatic heterocycles. The van der Waals surface area contributed by atoms with Gasteiger partial charge in [0.05, 0.1) is 22.8 Å². The van der Waals surface area contributed by atoms with E-state index in [1.54, 1.807) is 19.1 Å². The molecule has 1 aliphatic rings. The minimum absolute atomic E-state index is 0.0661. The number of benzodiazepines with no additional fused rings is 1. The molecule has 23 heavy (non-hydrogen) atoms. The number of hydrogen-bond donors (Lipinski definition) is 1. The van der Waals surface area contributed by atoms with Gasteiger partial charge in [0.25, 0.3) is 0 Å². The minimum atomic E-state index is -0.725. The van der Waals surface area contributed by atoms with E-state index in [0.29, 0.717) is 22.6 Å². The summed E-state index contributed by atoms with van der Waals surface area (Å²) in [7, 11) is 0. The first kappa shape index (κ1) is 15.6. The first-order chi connectivity index (χ1) is 11.0. The van der Waals surface area contributed by atoms with E-state index in [0.717, 1.165) is 5.56 Å². The molecule has 0 spiro atoms. The highest BCUT2D eigenvalue weighted by atomic mass is 35.5. The lowest BCUT2D eigenvalue weighted by Crippen LogP contribution is -2.23. The molecule has 0 bridgehead atoms. The molecule has 0 saturated carbocycles. The van der Waals surface area contributed by atoms with E-state index in [4.69, 9.17) is 11.6 Å². The van der Waals surface area contributed by atoms with Crippen molar-refractivity contribution in [2.75, 3.05) is 11.9 Å². The van der Waals surface area contributed by atoms with Gasteiger partial charge in [0, 0.05) is 11.3 Å². The minimum Gasteiger partial charge on any atom is -0.373 e. The Morgan fingerprint density at radius 3 is 2.57 bits per heavy atom. The Kier molecular flexibility index (Phi) is 4.13. The Bertz CT molecular complexity index is 800. The number of anilines is 1. The van der Waals surface area contributed by atoms with Crippen LogP contribution in [-0.2, 0) is 4.79 Å². The van der Waals surface area contributed by atoms with Gasteiger partial charge in [0.2, 0.25) is 0 Å². The maximum Gasteiger partial charge on any atom is 0.144 e. The SMILES string of the molecule is Cc1ccc2c(c1Cl)C(c1c(F)cccc1F)=NCC(C=O)N2. The van der Waals surface area contributed by atoms with Crippen LogP contribution in [0.25, 0.3) is 0 Å². The molecule has 0 fully saturated rings. The summed E-state index contributed by atoms with van der Waals surface area (Å²) >= 11 is 6.37. The van der Waals surface area contributed by atoms with Crippen molar-refractivity contribution in [3.63, 3.8) is 0 Å². The predicted molar refractivity (Wildman–Crippen MR) is 86.5 cm³/mol. The lowest BCUT2D eigenvalue weighted by molar-refractivity contribution is -0.108. The number of halogens is 3. The number of aryl methyl sites for hydroxylation is 1. The van der Waals surface area contributed by atoms with Gasteiger partial charge in [-0.3, -0.25) is 4.99 Å². The number of benzene rings is 2.